The summed E-state index contributed by atoms with van der Waals surface area (Å²) in [6.45, 7) is 3.16. The van der Waals surface area contributed by atoms with Crippen molar-refractivity contribution in [2.75, 3.05) is 0 Å². The molecule has 0 unspecified atom stereocenters. The average molecular weight is 216 g/mol. The fourth-order valence-corrected chi connectivity index (χ4v) is 1.79. The van der Waals surface area contributed by atoms with Gasteiger partial charge in [0.25, 0.3) is 0 Å². The van der Waals surface area contributed by atoms with Crippen LogP contribution in [0.15, 0.2) is 35.1 Å². The van der Waals surface area contributed by atoms with Crippen LogP contribution in [0, 0.1) is 6.92 Å². The van der Waals surface area contributed by atoms with Gasteiger partial charge in [0, 0.05) is 18.2 Å². The molecular formula is C12H12N2O2. The van der Waals surface area contributed by atoms with E-state index in [1.165, 1.54) is 6.92 Å². The maximum atomic E-state index is 11.6. The van der Waals surface area contributed by atoms with Gasteiger partial charge in [0.1, 0.15) is 0 Å². The van der Waals surface area contributed by atoms with Crippen molar-refractivity contribution in [3.05, 3.63) is 46.5 Å². The van der Waals surface area contributed by atoms with Gasteiger partial charge in [0.2, 0.25) is 5.91 Å². The maximum absolute atomic E-state index is 11.6. The Morgan fingerprint density at radius 2 is 1.88 bits per heavy atom. The predicted octanol–water partition coefficient (Wildman–Crippen LogP) is 1.81. The summed E-state index contributed by atoms with van der Waals surface area (Å²) in [4.78, 5) is 25.6. The third-order valence-corrected chi connectivity index (χ3v) is 2.44. The van der Waals surface area contributed by atoms with Crippen LogP contribution in [-0.2, 0) is 0 Å². The van der Waals surface area contributed by atoms with Crippen molar-refractivity contribution >= 4 is 5.91 Å². The highest BCUT2D eigenvalue weighted by molar-refractivity contribution is 5.82. The number of aryl methyl sites for hydroxylation is 1. The number of hydrogen-bond acceptors (Lipinski definition) is 2. The van der Waals surface area contributed by atoms with E-state index in [0.29, 0.717) is 11.4 Å². The van der Waals surface area contributed by atoms with Crippen LogP contribution in [0.4, 0.5) is 0 Å². The maximum Gasteiger partial charge on any atom is 0.333 e. The van der Waals surface area contributed by atoms with Crippen LogP contribution in [0.25, 0.3) is 11.3 Å². The van der Waals surface area contributed by atoms with Crippen LogP contribution >= 0.6 is 0 Å². The summed E-state index contributed by atoms with van der Waals surface area (Å²) in [6.07, 6.45) is 0. The molecule has 0 fully saturated rings. The molecule has 0 aliphatic carbocycles. The average Bonchev–Trinajstić information content (AvgIpc) is 2.55. The number of aromatic amines is 1. The SMILES string of the molecule is CC(=O)n1c(-c2ccccc2)c(C)[nH]c1=O. The molecule has 0 saturated heterocycles. The Kier molecular flexibility index (Phi) is 2.48. The number of nitrogens with one attached hydrogen (secondary N) is 1. The minimum atomic E-state index is -0.385. The largest absolute Gasteiger partial charge is 0.333 e. The molecule has 0 saturated carbocycles. The minimum absolute atomic E-state index is 0.284. The molecule has 1 heterocycles. The number of benzene rings is 1. The van der Waals surface area contributed by atoms with Crippen LogP contribution in [0.1, 0.15) is 17.4 Å². The molecular weight excluding hydrogens is 204 g/mol. The van der Waals surface area contributed by atoms with Crippen molar-refractivity contribution in [1.29, 1.82) is 0 Å². The molecule has 0 atom stereocenters. The number of carbonyl (C=O) groups is 1. The lowest BCUT2D eigenvalue weighted by atomic mass is 10.1. The number of H-pyrrole nitrogens is 1. The number of aromatic nitrogens is 2. The van der Waals surface area contributed by atoms with Crippen LogP contribution in [0.5, 0.6) is 0 Å². The van der Waals surface area contributed by atoms with Gasteiger partial charge in [-0.1, -0.05) is 30.3 Å². The summed E-state index contributed by atoms with van der Waals surface area (Å²) in [6, 6.07) is 9.37. The van der Waals surface area contributed by atoms with Crippen molar-refractivity contribution in [2.24, 2.45) is 0 Å². The molecule has 4 heteroatoms. The van der Waals surface area contributed by atoms with Gasteiger partial charge in [-0.25, -0.2) is 9.36 Å². The lowest BCUT2D eigenvalue weighted by Crippen LogP contribution is -2.22. The monoisotopic (exact) mass is 216 g/mol. The van der Waals surface area contributed by atoms with Crippen molar-refractivity contribution in [1.82, 2.24) is 9.55 Å². The van der Waals surface area contributed by atoms with Crippen molar-refractivity contribution in [2.45, 2.75) is 13.8 Å². The second-order valence-electron chi connectivity index (χ2n) is 3.62. The molecule has 4 nitrogen and oxygen atoms in total. The number of imidazole rings is 1. The first kappa shape index (κ1) is 10.4. The van der Waals surface area contributed by atoms with Gasteiger partial charge in [-0.3, -0.25) is 4.79 Å². The first-order valence-electron chi connectivity index (χ1n) is 4.99. The number of nitrogens with zero attached hydrogens (tertiary/aromatic N) is 1. The van der Waals surface area contributed by atoms with Gasteiger partial charge in [0.05, 0.1) is 5.69 Å². The third kappa shape index (κ3) is 1.58. The molecule has 2 rings (SSSR count). The fourth-order valence-electron chi connectivity index (χ4n) is 1.79. The summed E-state index contributed by atoms with van der Waals surface area (Å²) in [5.74, 6) is -0.284. The van der Waals surface area contributed by atoms with Crippen LogP contribution in [-0.4, -0.2) is 15.5 Å². The minimum Gasteiger partial charge on any atom is -0.309 e. The quantitative estimate of drug-likeness (QED) is 0.790. The van der Waals surface area contributed by atoms with Crippen molar-refractivity contribution < 1.29 is 4.79 Å². The van der Waals surface area contributed by atoms with Crippen molar-refractivity contribution in [3.63, 3.8) is 0 Å². The molecule has 2 aromatic rings. The van der Waals surface area contributed by atoms with Crippen LogP contribution in [0.2, 0.25) is 0 Å². The first-order chi connectivity index (χ1) is 7.61. The Labute approximate surface area is 92.5 Å². The molecule has 0 amide bonds. The number of hydrogen-bond donors (Lipinski definition) is 1. The van der Waals surface area contributed by atoms with E-state index in [4.69, 9.17) is 0 Å². The van der Waals surface area contributed by atoms with E-state index in [1.807, 2.05) is 30.3 Å². The van der Waals surface area contributed by atoms with E-state index in [0.717, 1.165) is 10.1 Å². The molecule has 1 aromatic heterocycles. The molecule has 1 aromatic carbocycles. The van der Waals surface area contributed by atoms with E-state index in [9.17, 15) is 9.59 Å². The number of rotatable bonds is 1. The fraction of sp³-hybridized carbons (Fsp3) is 0.167. The highest BCUT2D eigenvalue weighted by atomic mass is 16.2. The lowest BCUT2D eigenvalue weighted by molar-refractivity contribution is 0.0934. The molecule has 0 spiro atoms. The molecule has 1 N–H and O–H groups in total. The van der Waals surface area contributed by atoms with E-state index in [1.54, 1.807) is 6.92 Å². The predicted molar refractivity (Wildman–Crippen MR) is 61.5 cm³/mol. The topological polar surface area (TPSA) is 54.9 Å². The summed E-state index contributed by atoms with van der Waals surface area (Å²) in [7, 11) is 0. The van der Waals surface area contributed by atoms with E-state index in [2.05, 4.69) is 4.98 Å². The second-order valence-corrected chi connectivity index (χ2v) is 3.62. The van der Waals surface area contributed by atoms with Gasteiger partial charge in [-0.2, -0.15) is 0 Å². The van der Waals surface area contributed by atoms with Crippen LogP contribution in [0.3, 0.4) is 0 Å². The second kappa shape index (κ2) is 3.81. The Balaban J connectivity index is 2.75. The van der Waals surface area contributed by atoms with Gasteiger partial charge in [0.15, 0.2) is 0 Å². The van der Waals surface area contributed by atoms with Crippen LogP contribution < -0.4 is 5.69 Å². The third-order valence-electron chi connectivity index (χ3n) is 2.44. The Morgan fingerprint density at radius 1 is 1.25 bits per heavy atom. The summed E-state index contributed by atoms with van der Waals surface area (Å²) in [5, 5.41) is 0. The Morgan fingerprint density at radius 3 is 2.44 bits per heavy atom. The summed E-state index contributed by atoms with van der Waals surface area (Å²) in [5.41, 5.74) is 1.81. The zero-order valence-corrected chi connectivity index (χ0v) is 9.15. The van der Waals surface area contributed by atoms with Gasteiger partial charge < -0.3 is 4.98 Å². The highest BCUT2D eigenvalue weighted by Crippen LogP contribution is 2.20. The molecule has 0 aliphatic heterocycles. The standard InChI is InChI=1S/C12H12N2O2/c1-8-11(10-6-4-3-5-7-10)14(9(2)15)12(16)13-8/h3-7H,1-2H3,(H,13,16). The molecule has 16 heavy (non-hydrogen) atoms. The van der Waals surface area contributed by atoms with E-state index in [-0.39, 0.29) is 11.6 Å². The zero-order chi connectivity index (χ0) is 11.7. The molecule has 0 bridgehead atoms. The summed E-state index contributed by atoms with van der Waals surface area (Å²) < 4.78 is 1.16. The van der Waals surface area contributed by atoms with E-state index >= 15 is 0 Å². The number of carbonyl (C=O) groups excluding carboxylic acids is 1. The molecule has 0 radical (unpaired) electrons. The summed E-state index contributed by atoms with van der Waals surface area (Å²) >= 11 is 0. The van der Waals surface area contributed by atoms with E-state index < -0.39 is 0 Å². The molecule has 82 valence electrons. The van der Waals surface area contributed by atoms with Gasteiger partial charge in [-0.15, -0.1) is 0 Å². The van der Waals surface area contributed by atoms with Crippen molar-refractivity contribution in [3.8, 4) is 11.3 Å². The normalized spacial score (nSPS) is 10.4. The van der Waals surface area contributed by atoms with Gasteiger partial charge >= 0.3 is 5.69 Å². The first-order valence-corrected chi connectivity index (χ1v) is 4.99. The zero-order valence-electron chi connectivity index (χ0n) is 9.15. The smallest absolute Gasteiger partial charge is 0.309 e. The Bertz CT molecular complexity index is 579. The highest BCUT2D eigenvalue weighted by Gasteiger charge is 2.15. The molecule has 0 aliphatic rings. The Hall–Kier alpha value is -2.10. The van der Waals surface area contributed by atoms with Gasteiger partial charge in [-0.05, 0) is 6.92 Å². The lowest BCUT2D eigenvalue weighted by Gasteiger charge is -2.04.